The van der Waals surface area contributed by atoms with Gasteiger partial charge in [0.1, 0.15) is 6.54 Å². The van der Waals surface area contributed by atoms with Gasteiger partial charge in [-0.15, -0.1) is 0 Å². The van der Waals surface area contributed by atoms with Crippen molar-refractivity contribution in [3.63, 3.8) is 0 Å². The van der Waals surface area contributed by atoms with Gasteiger partial charge in [0.25, 0.3) is 11.8 Å². The molecule has 0 fully saturated rings. The summed E-state index contributed by atoms with van der Waals surface area (Å²) in [5.41, 5.74) is 1.26. The summed E-state index contributed by atoms with van der Waals surface area (Å²) in [6, 6.07) is 4.85. The summed E-state index contributed by atoms with van der Waals surface area (Å²) in [6.45, 7) is 2.17. The molecule has 0 aromatic heterocycles. The highest BCUT2D eigenvalue weighted by Gasteiger charge is 2.36. The van der Waals surface area contributed by atoms with Gasteiger partial charge >= 0.3 is 5.97 Å². The number of amides is 2. The van der Waals surface area contributed by atoms with Crippen LogP contribution in [0.2, 0.25) is 0 Å². The molecule has 100 valence electrons. The fourth-order valence-electron chi connectivity index (χ4n) is 1.95. The Morgan fingerprint density at radius 3 is 2.58 bits per heavy atom. The molecule has 0 saturated heterocycles. The molecule has 0 radical (unpaired) electrons. The lowest BCUT2D eigenvalue weighted by molar-refractivity contribution is -0.137. The number of carboxylic acid groups (broad SMARTS) is 1. The second-order valence-corrected chi connectivity index (χ2v) is 4.28. The third-order valence-electron chi connectivity index (χ3n) is 2.84. The van der Waals surface area contributed by atoms with Gasteiger partial charge < -0.3 is 10.4 Å². The van der Waals surface area contributed by atoms with Gasteiger partial charge in [0.05, 0.1) is 11.1 Å². The number of nitrogens with one attached hydrogen (secondary N) is 1. The summed E-state index contributed by atoms with van der Waals surface area (Å²) in [6.07, 6.45) is 0.940. The minimum Gasteiger partial charge on any atom is -0.480 e. The smallest absolute Gasteiger partial charge is 0.323 e. The molecule has 0 spiro atoms. The van der Waals surface area contributed by atoms with Crippen LogP contribution in [0, 0.1) is 0 Å². The fraction of sp³-hybridized carbons (Fsp3) is 0.308. The van der Waals surface area contributed by atoms with Gasteiger partial charge in [-0.2, -0.15) is 0 Å². The van der Waals surface area contributed by atoms with E-state index in [0.717, 1.165) is 23.6 Å². The zero-order valence-electron chi connectivity index (χ0n) is 10.5. The number of fused-ring (bicyclic) bond motifs is 1. The first-order chi connectivity index (χ1) is 9.04. The third kappa shape index (κ3) is 2.42. The van der Waals surface area contributed by atoms with Crippen LogP contribution in [0.4, 0.5) is 5.69 Å². The fourth-order valence-corrected chi connectivity index (χ4v) is 1.95. The third-order valence-corrected chi connectivity index (χ3v) is 2.84. The Balaban J connectivity index is 2.28. The largest absolute Gasteiger partial charge is 0.480 e. The number of carbonyl (C=O) groups excluding carboxylic acids is 2. The molecule has 2 amide bonds. The molecule has 1 aromatic carbocycles. The number of benzene rings is 1. The number of aliphatic carboxylic acids is 1. The molecular weight excluding hydrogens is 248 g/mol. The molecule has 1 heterocycles. The summed E-state index contributed by atoms with van der Waals surface area (Å²) in [7, 11) is 0. The first kappa shape index (κ1) is 13.1. The number of carboxylic acids is 1. The van der Waals surface area contributed by atoms with Crippen molar-refractivity contribution in [3.8, 4) is 0 Å². The van der Waals surface area contributed by atoms with Crippen molar-refractivity contribution in [3.05, 3.63) is 29.3 Å². The normalized spacial score (nSPS) is 13.6. The molecule has 1 aromatic rings. The number of carbonyl (C=O) groups is 3. The highest BCUT2D eigenvalue weighted by molar-refractivity contribution is 6.22. The molecule has 19 heavy (non-hydrogen) atoms. The van der Waals surface area contributed by atoms with Crippen molar-refractivity contribution < 1.29 is 19.5 Å². The number of nitrogens with zero attached hydrogens (tertiary/aromatic N) is 1. The second-order valence-electron chi connectivity index (χ2n) is 4.28. The van der Waals surface area contributed by atoms with Crippen LogP contribution < -0.4 is 5.32 Å². The Morgan fingerprint density at radius 1 is 1.26 bits per heavy atom. The van der Waals surface area contributed by atoms with Crippen LogP contribution in [0.15, 0.2) is 18.2 Å². The van der Waals surface area contributed by atoms with E-state index in [9.17, 15) is 14.4 Å². The molecule has 0 atom stereocenters. The van der Waals surface area contributed by atoms with Crippen molar-refractivity contribution in [1.29, 1.82) is 0 Å². The average molecular weight is 262 g/mol. The molecule has 1 aliphatic heterocycles. The highest BCUT2D eigenvalue weighted by atomic mass is 16.4. The maximum atomic E-state index is 12.0. The number of hydrogen-bond acceptors (Lipinski definition) is 4. The van der Waals surface area contributed by atoms with Gasteiger partial charge in [-0.3, -0.25) is 19.3 Å². The van der Waals surface area contributed by atoms with E-state index in [-0.39, 0.29) is 11.1 Å². The number of rotatable bonds is 5. The number of anilines is 1. The summed E-state index contributed by atoms with van der Waals surface area (Å²) < 4.78 is 0. The number of hydrogen-bond donors (Lipinski definition) is 2. The van der Waals surface area contributed by atoms with Crippen LogP contribution in [-0.4, -0.2) is 40.9 Å². The van der Waals surface area contributed by atoms with Gasteiger partial charge in [0.15, 0.2) is 0 Å². The van der Waals surface area contributed by atoms with E-state index in [0.29, 0.717) is 0 Å². The van der Waals surface area contributed by atoms with Gasteiger partial charge in [-0.1, -0.05) is 6.92 Å². The van der Waals surface area contributed by atoms with Crippen LogP contribution in [0.3, 0.4) is 0 Å². The first-order valence-corrected chi connectivity index (χ1v) is 6.00. The molecule has 2 rings (SSSR count). The Morgan fingerprint density at radius 2 is 1.95 bits per heavy atom. The maximum Gasteiger partial charge on any atom is 0.323 e. The van der Waals surface area contributed by atoms with E-state index >= 15 is 0 Å². The van der Waals surface area contributed by atoms with E-state index in [2.05, 4.69) is 5.32 Å². The van der Waals surface area contributed by atoms with Gasteiger partial charge in [-0.25, -0.2) is 0 Å². The van der Waals surface area contributed by atoms with Crippen LogP contribution in [0.5, 0.6) is 0 Å². The quantitative estimate of drug-likeness (QED) is 0.778. The summed E-state index contributed by atoms with van der Waals surface area (Å²) in [4.78, 5) is 35.3. The van der Waals surface area contributed by atoms with Crippen LogP contribution in [-0.2, 0) is 4.79 Å². The Kier molecular flexibility index (Phi) is 3.50. The minimum absolute atomic E-state index is 0.257. The molecule has 2 N–H and O–H groups in total. The molecule has 0 aliphatic carbocycles. The van der Waals surface area contributed by atoms with E-state index in [4.69, 9.17) is 5.11 Å². The van der Waals surface area contributed by atoms with Crippen molar-refractivity contribution in [2.24, 2.45) is 0 Å². The van der Waals surface area contributed by atoms with Crippen LogP contribution in [0.1, 0.15) is 34.1 Å². The monoisotopic (exact) mass is 262 g/mol. The zero-order valence-corrected chi connectivity index (χ0v) is 10.5. The van der Waals surface area contributed by atoms with Gasteiger partial charge in [0.2, 0.25) is 0 Å². The van der Waals surface area contributed by atoms with Gasteiger partial charge in [0, 0.05) is 12.2 Å². The van der Waals surface area contributed by atoms with Crippen molar-refractivity contribution >= 4 is 23.5 Å². The van der Waals surface area contributed by atoms with Gasteiger partial charge in [-0.05, 0) is 24.6 Å². The molecular formula is C13H14N2O4. The lowest BCUT2D eigenvalue weighted by atomic mass is 10.1. The molecule has 6 nitrogen and oxygen atoms in total. The Bertz CT molecular complexity index is 554. The molecule has 0 unspecified atom stereocenters. The zero-order chi connectivity index (χ0) is 14.0. The summed E-state index contributed by atoms with van der Waals surface area (Å²) in [5.74, 6) is -2.31. The predicted molar refractivity (Wildman–Crippen MR) is 68.2 cm³/mol. The average Bonchev–Trinajstić information content (AvgIpc) is 2.61. The predicted octanol–water partition coefficient (Wildman–Crippen LogP) is 1.19. The summed E-state index contributed by atoms with van der Waals surface area (Å²) >= 11 is 0. The molecule has 0 saturated carbocycles. The van der Waals surface area contributed by atoms with E-state index in [1.165, 1.54) is 0 Å². The SMILES string of the molecule is CCCNc1ccc2c(c1)C(=O)N(CC(=O)O)C2=O. The summed E-state index contributed by atoms with van der Waals surface area (Å²) in [5, 5.41) is 11.8. The van der Waals surface area contributed by atoms with Crippen molar-refractivity contribution in [1.82, 2.24) is 4.90 Å². The minimum atomic E-state index is -1.21. The van der Waals surface area contributed by atoms with E-state index in [1.54, 1.807) is 18.2 Å². The lowest BCUT2D eigenvalue weighted by Gasteiger charge is -2.09. The van der Waals surface area contributed by atoms with Crippen LogP contribution >= 0.6 is 0 Å². The molecule has 6 heteroatoms. The first-order valence-electron chi connectivity index (χ1n) is 6.00. The highest BCUT2D eigenvalue weighted by Crippen LogP contribution is 2.25. The maximum absolute atomic E-state index is 12.0. The van der Waals surface area contributed by atoms with Crippen molar-refractivity contribution in [2.75, 3.05) is 18.4 Å². The Hall–Kier alpha value is -2.37. The Labute approximate surface area is 110 Å². The van der Waals surface area contributed by atoms with Crippen molar-refractivity contribution in [2.45, 2.75) is 13.3 Å². The topological polar surface area (TPSA) is 86.7 Å². The standard InChI is InChI=1S/C13H14N2O4/c1-2-5-14-8-3-4-9-10(6-8)13(19)15(12(9)18)7-11(16)17/h3-4,6,14H,2,5,7H2,1H3,(H,16,17). The van der Waals surface area contributed by atoms with Crippen LogP contribution in [0.25, 0.3) is 0 Å². The molecule has 1 aliphatic rings. The number of imide groups is 1. The second kappa shape index (κ2) is 5.09. The molecule has 0 bridgehead atoms. The lowest BCUT2D eigenvalue weighted by Crippen LogP contribution is -2.34. The van der Waals surface area contributed by atoms with E-state index < -0.39 is 24.3 Å². The van der Waals surface area contributed by atoms with E-state index in [1.807, 2.05) is 6.92 Å².